The van der Waals surface area contributed by atoms with Crippen LogP contribution in [-0.4, -0.2) is 12.6 Å². The minimum atomic E-state index is -0.532. The topological polar surface area (TPSA) is 63.2 Å². The Labute approximate surface area is 112 Å². The molecular formula is C13H10BrNO3. The molecule has 0 aliphatic carbocycles. The van der Waals surface area contributed by atoms with Gasteiger partial charge in [-0.25, -0.2) is 4.79 Å². The van der Waals surface area contributed by atoms with Crippen LogP contribution in [0.1, 0.15) is 23.0 Å². The second-order valence-electron chi connectivity index (χ2n) is 3.61. The van der Waals surface area contributed by atoms with E-state index in [1.165, 1.54) is 0 Å². The van der Waals surface area contributed by atoms with Crippen molar-refractivity contribution in [3.05, 3.63) is 34.0 Å². The molecule has 0 fully saturated rings. The fourth-order valence-electron chi connectivity index (χ4n) is 1.74. The molecule has 0 saturated carbocycles. The maximum absolute atomic E-state index is 11.8. The van der Waals surface area contributed by atoms with E-state index in [4.69, 9.17) is 14.4 Å². The average Bonchev–Trinajstić information content (AvgIpc) is 2.68. The van der Waals surface area contributed by atoms with Crippen molar-refractivity contribution < 1.29 is 13.9 Å². The van der Waals surface area contributed by atoms with E-state index in [1.807, 2.05) is 18.2 Å². The van der Waals surface area contributed by atoms with Gasteiger partial charge in [0.25, 0.3) is 0 Å². The Morgan fingerprint density at radius 3 is 3.00 bits per heavy atom. The van der Waals surface area contributed by atoms with Gasteiger partial charge < -0.3 is 9.15 Å². The van der Waals surface area contributed by atoms with Gasteiger partial charge in [-0.15, -0.1) is 0 Å². The summed E-state index contributed by atoms with van der Waals surface area (Å²) in [5.74, 6) is -0.415. The summed E-state index contributed by atoms with van der Waals surface area (Å²) >= 11 is 3.33. The van der Waals surface area contributed by atoms with Gasteiger partial charge in [-0.05, 0) is 25.1 Å². The first-order valence-electron chi connectivity index (χ1n) is 5.42. The van der Waals surface area contributed by atoms with Crippen molar-refractivity contribution in [1.29, 1.82) is 5.26 Å². The van der Waals surface area contributed by atoms with Crippen molar-refractivity contribution in [2.45, 2.75) is 13.3 Å². The molecule has 0 bridgehead atoms. The molecule has 1 aromatic carbocycles. The van der Waals surface area contributed by atoms with E-state index in [0.717, 1.165) is 9.86 Å². The first-order valence-corrected chi connectivity index (χ1v) is 6.21. The van der Waals surface area contributed by atoms with Crippen molar-refractivity contribution in [3.8, 4) is 6.07 Å². The molecule has 0 aliphatic heterocycles. The molecule has 1 aromatic heterocycles. The molecule has 0 unspecified atom stereocenters. The first-order chi connectivity index (χ1) is 8.67. The maximum atomic E-state index is 11.8. The fraction of sp³-hybridized carbons (Fsp3) is 0.231. The zero-order chi connectivity index (χ0) is 13.1. The highest BCUT2D eigenvalue weighted by molar-refractivity contribution is 9.10. The Morgan fingerprint density at radius 2 is 2.33 bits per heavy atom. The average molecular weight is 308 g/mol. The van der Waals surface area contributed by atoms with E-state index in [0.29, 0.717) is 11.1 Å². The third-order valence-electron chi connectivity index (χ3n) is 2.47. The number of rotatable bonds is 3. The highest BCUT2D eigenvalue weighted by atomic mass is 79.9. The predicted octanol–water partition coefficient (Wildman–Crippen LogP) is 3.44. The third-order valence-corrected chi connectivity index (χ3v) is 2.96. The zero-order valence-corrected chi connectivity index (χ0v) is 11.3. The largest absolute Gasteiger partial charge is 0.460 e. The van der Waals surface area contributed by atoms with E-state index < -0.39 is 5.97 Å². The summed E-state index contributed by atoms with van der Waals surface area (Å²) < 4.78 is 11.3. The summed E-state index contributed by atoms with van der Waals surface area (Å²) in [5.41, 5.74) is 1.15. The SMILES string of the molecule is CCOC(=O)c1oc2cc(Br)ccc2c1CC#N. The van der Waals surface area contributed by atoms with Crippen molar-refractivity contribution >= 4 is 32.9 Å². The number of esters is 1. The van der Waals surface area contributed by atoms with Gasteiger partial charge in [0.1, 0.15) is 5.58 Å². The van der Waals surface area contributed by atoms with Crippen molar-refractivity contribution in [2.75, 3.05) is 6.61 Å². The summed E-state index contributed by atoms with van der Waals surface area (Å²) in [6, 6.07) is 7.46. The summed E-state index contributed by atoms with van der Waals surface area (Å²) in [4.78, 5) is 11.8. The number of nitriles is 1. The van der Waals surface area contributed by atoms with Crippen LogP contribution in [0.25, 0.3) is 11.0 Å². The van der Waals surface area contributed by atoms with Gasteiger partial charge in [0.05, 0.1) is 19.1 Å². The van der Waals surface area contributed by atoms with E-state index >= 15 is 0 Å². The smallest absolute Gasteiger partial charge is 0.374 e. The van der Waals surface area contributed by atoms with Gasteiger partial charge in [-0.2, -0.15) is 5.26 Å². The van der Waals surface area contributed by atoms with Crippen molar-refractivity contribution in [2.24, 2.45) is 0 Å². The number of carbonyl (C=O) groups excluding carboxylic acids is 1. The van der Waals surface area contributed by atoms with Crippen molar-refractivity contribution in [3.63, 3.8) is 0 Å². The van der Waals surface area contributed by atoms with E-state index in [-0.39, 0.29) is 18.8 Å². The van der Waals surface area contributed by atoms with E-state index in [1.54, 1.807) is 13.0 Å². The second-order valence-corrected chi connectivity index (χ2v) is 4.52. The Hall–Kier alpha value is -1.80. The Kier molecular flexibility index (Phi) is 3.68. The van der Waals surface area contributed by atoms with E-state index in [9.17, 15) is 4.79 Å². The monoisotopic (exact) mass is 307 g/mol. The third kappa shape index (κ3) is 2.24. The lowest BCUT2D eigenvalue weighted by molar-refractivity contribution is 0.0491. The van der Waals surface area contributed by atoms with Gasteiger partial charge in [-0.3, -0.25) is 0 Å². The highest BCUT2D eigenvalue weighted by Crippen LogP contribution is 2.29. The van der Waals surface area contributed by atoms with Gasteiger partial charge in [0, 0.05) is 15.4 Å². The molecule has 4 nitrogen and oxygen atoms in total. The lowest BCUT2D eigenvalue weighted by Gasteiger charge is -1.99. The van der Waals surface area contributed by atoms with Gasteiger partial charge in [0.15, 0.2) is 0 Å². The Bertz CT molecular complexity index is 639. The number of nitrogens with zero attached hydrogens (tertiary/aromatic N) is 1. The summed E-state index contributed by atoms with van der Waals surface area (Å²) in [7, 11) is 0. The molecule has 0 radical (unpaired) electrons. The van der Waals surface area contributed by atoms with Crippen LogP contribution >= 0.6 is 15.9 Å². The number of benzene rings is 1. The van der Waals surface area contributed by atoms with Gasteiger partial charge in [0.2, 0.25) is 5.76 Å². The summed E-state index contributed by atoms with van der Waals surface area (Å²) in [5, 5.41) is 9.60. The fourth-order valence-corrected chi connectivity index (χ4v) is 2.08. The summed E-state index contributed by atoms with van der Waals surface area (Å²) in [6.07, 6.45) is 0.114. The lowest BCUT2D eigenvalue weighted by atomic mass is 10.1. The molecule has 0 amide bonds. The molecule has 0 atom stereocenters. The van der Waals surface area contributed by atoms with Crippen LogP contribution in [0.5, 0.6) is 0 Å². The normalized spacial score (nSPS) is 10.3. The number of carbonyl (C=O) groups is 1. The molecule has 92 valence electrons. The molecule has 1 heterocycles. The van der Waals surface area contributed by atoms with E-state index in [2.05, 4.69) is 15.9 Å². The molecule has 0 N–H and O–H groups in total. The maximum Gasteiger partial charge on any atom is 0.374 e. The molecule has 5 heteroatoms. The minimum Gasteiger partial charge on any atom is -0.460 e. The molecule has 18 heavy (non-hydrogen) atoms. The minimum absolute atomic E-state index is 0.114. The molecule has 0 saturated heterocycles. The number of hydrogen-bond acceptors (Lipinski definition) is 4. The van der Waals surface area contributed by atoms with Crippen LogP contribution in [0.4, 0.5) is 0 Å². The standard InChI is InChI=1S/C13H10BrNO3/c1-2-17-13(16)12-10(5-6-15)9-4-3-8(14)7-11(9)18-12/h3-4,7H,2,5H2,1H3. The molecule has 0 aliphatic rings. The van der Waals surface area contributed by atoms with Crippen LogP contribution in [0.15, 0.2) is 27.1 Å². The Morgan fingerprint density at radius 1 is 1.56 bits per heavy atom. The van der Waals surface area contributed by atoms with Crippen LogP contribution in [0, 0.1) is 11.3 Å². The molecule has 2 rings (SSSR count). The van der Waals surface area contributed by atoms with Crippen LogP contribution in [-0.2, 0) is 11.2 Å². The lowest BCUT2D eigenvalue weighted by Crippen LogP contribution is -2.05. The van der Waals surface area contributed by atoms with Gasteiger partial charge in [-0.1, -0.05) is 15.9 Å². The second kappa shape index (κ2) is 5.23. The number of ether oxygens (including phenoxy) is 1. The first kappa shape index (κ1) is 12.7. The quantitative estimate of drug-likeness (QED) is 0.815. The number of halogens is 1. The van der Waals surface area contributed by atoms with Crippen LogP contribution in [0.3, 0.4) is 0 Å². The molecule has 2 aromatic rings. The number of fused-ring (bicyclic) bond motifs is 1. The molecule has 0 spiro atoms. The highest BCUT2D eigenvalue weighted by Gasteiger charge is 2.21. The van der Waals surface area contributed by atoms with Crippen LogP contribution in [0.2, 0.25) is 0 Å². The zero-order valence-electron chi connectivity index (χ0n) is 9.70. The van der Waals surface area contributed by atoms with Crippen LogP contribution < -0.4 is 0 Å². The molecular weight excluding hydrogens is 298 g/mol. The number of hydrogen-bond donors (Lipinski definition) is 0. The number of furan rings is 1. The van der Waals surface area contributed by atoms with Gasteiger partial charge >= 0.3 is 5.97 Å². The predicted molar refractivity (Wildman–Crippen MR) is 69.2 cm³/mol. The van der Waals surface area contributed by atoms with Crippen molar-refractivity contribution in [1.82, 2.24) is 0 Å². The summed E-state index contributed by atoms with van der Waals surface area (Å²) in [6.45, 7) is 1.99. The Balaban J connectivity index is 2.61.